The number of H-pyrrole nitrogens is 1. The average Bonchev–Trinajstić information content (AvgIpc) is 3.62. The maximum Gasteiger partial charge on any atom is 0.231 e. The van der Waals surface area contributed by atoms with Crippen LogP contribution in [0.25, 0.3) is 33.1 Å². The van der Waals surface area contributed by atoms with Gasteiger partial charge in [0.2, 0.25) is 5.95 Å². The highest BCUT2D eigenvalue weighted by molar-refractivity contribution is 6.15. The van der Waals surface area contributed by atoms with Crippen LogP contribution in [0.2, 0.25) is 0 Å². The molecule has 5 heterocycles. The molecule has 2 aliphatic rings. The van der Waals surface area contributed by atoms with Crippen molar-refractivity contribution < 1.29 is 4.39 Å². The van der Waals surface area contributed by atoms with E-state index < -0.39 is 0 Å². The second-order valence-electron chi connectivity index (χ2n) is 10.8. The fourth-order valence-electron chi connectivity index (χ4n) is 6.35. The summed E-state index contributed by atoms with van der Waals surface area (Å²) in [7, 11) is 1.78. The quantitative estimate of drug-likeness (QED) is 0.274. The third-order valence-electron chi connectivity index (χ3n) is 8.26. The molecule has 11 nitrogen and oxygen atoms in total. The van der Waals surface area contributed by atoms with Crippen molar-refractivity contribution in [2.45, 2.75) is 45.3 Å². The molecule has 0 amide bonds. The number of benzene rings is 1. The molecule has 1 aliphatic heterocycles. The van der Waals surface area contributed by atoms with Crippen molar-refractivity contribution in [2.75, 3.05) is 29.1 Å². The zero-order chi connectivity index (χ0) is 26.3. The van der Waals surface area contributed by atoms with Gasteiger partial charge in [-0.2, -0.15) is 9.97 Å². The van der Waals surface area contributed by atoms with Crippen LogP contribution in [0, 0.1) is 17.7 Å². The van der Waals surface area contributed by atoms with E-state index in [4.69, 9.17) is 15.7 Å². The summed E-state index contributed by atoms with van der Waals surface area (Å²) >= 11 is 0. The van der Waals surface area contributed by atoms with E-state index in [0.717, 1.165) is 40.7 Å². The predicted octanol–water partition coefficient (Wildman–Crippen LogP) is 3.93. The number of nitrogens with one attached hydrogen (secondary N) is 3. The predicted molar refractivity (Wildman–Crippen MR) is 146 cm³/mol. The second kappa shape index (κ2) is 8.22. The summed E-state index contributed by atoms with van der Waals surface area (Å²) in [6.07, 6.45) is 2.64. The van der Waals surface area contributed by atoms with Gasteiger partial charge >= 0.3 is 0 Å². The molecule has 5 N–H and O–H groups in total. The monoisotopic (exact) mass is 515 g/mol. The van der Waals surface area contributed by atoms with Crippen molar-refractivity contribution in [3.8, 4) is 0 Å². The number of aromatic nitrogens is 7. The number of hydrogen-bond donors (Lipinski definition) is 4. The van der Waals surface area contributed by atoms with Gasteiger partial charge in [0.05, 0.1) is 34.5 Å². The van der Waals surface area contributed by atoms with E-state index in [1.54, 1.807) is 24.0 Å². The van der Waals surface area contributed by atoms with Crippen LogP contribution >= 0.6 is 0 Å². The van der Waals surface area contributed by atoms with Crippen LogP contribution in [0.3, 0.4) is 0 Å². The Bertz CT molecular complexity index is 1710. The van der Waals surface area contributed by atoms with Crippen LogP contribution in [0.4, 0.5) is 27.5 Å². The molecule has 38 heavy (non-hydrogen) atoms. The highest BCUT2D eigenvalue weighted by Gasteiger charge is 2.49. The minimum Gasteiger partial charge on any atom is -0.386 e. The third-order valence-corrected chi connectivity index (χ3v) is 8.26. The van der Waals surface area contributed by atoms with E-state index in [0.29, 0.717) is 40.3 Å². The maximum absolute atomic E-state index is 14.7. The van der Waals surface area contributed by atoms with E-state index in [9.17, 15) is 4.39 Å². The molecular formula is C26H30FN11. The Morgan fingerprint density at radius 3 is 2.76 bits per heavy atom. The molecule has 2 fully saturated rings. The number of fused-ring (bicyclic) bond motifs is 6. The Hall–Kier alpha value is -4.06. The molecule has 0 radical (unpaired) electrons. The molecule has 1 aromatic carbocycles. The van der Waals surface area contributed by atoms with Gasteiger partial charge in [-0.15, -0.1) is 5.10 Å². The molecular weight excluding hydrogens is 485 g/mol. The molecule has 0 spiro atoms. The van der Waals surface area contributed by atoms with Crippen LogP contribution in [-0.2, 0) is 0 Å². The lowest BCUT2D eigenvalue weighted by Crippen LogP contribution is -2.41. The van der Waals surface area contributed by atoms with Crippen molar-refractivity contribution in [3.63, 3.8) is 0 Å². The highest BCUT2D eigenvalue weighted by atomic mass is 19.1. The molecule has 12 heteroatoms. The first-order chi connectivity index (χ1) is 18.3. The molecule has 0 unspecified atom stereocenters. The number of pyridine rings is 1. The smallest absolute Gasteiger partial charge is 0.231 e. The van der Waals surface area contributed by atoms with Gasteiger partial charge in [-0.1, -0.05) is 12.1 Å². The summed E-state index contributed by atoms with van der Waals surface area (Å²) in [5.41, 5.74) is 10.6. The minimum absolute atomic E-state index is 0.153. The highest BCUT2D eigenvalue weighted by Crippen LogP contribution is 2.46. The van der Waals surface area contributed by atoms with Gasteiger partial charge in [0.25, 0.3) is 0 Å². The number of nitrogens with zero attached hydrogens (tertiary/aromatic N) is 7. The van der Waals surface area contributed by atoms with Crippen molar-refractivity contribution in [2.24, 2.45) is 17.6 Å². The Morgan fingerprint density at radius 1 is 1.21 bits per heavy atom. The minimum atomic E-state index is -0.317. The van der Waals surface area contributed by atoms with E-state index in [1.165, 1.54) is 6.07 Å². The van der Waals surface area contributed by atoms with Gasteiger partial charge in [-0.3, -0.25) is 0 Å². The fraction of sp³-hybridized carbons (Fsp3) is 0.423. The number of halogens is 1. The lowest BCUT2D eigenvalue weighted by Gasteiger charge is -2.31. The van der Waals surface area contributed by atoms with Gasteiger partial charge in [0.15, 0.2) is 5.65 Å². The molecule has 1 aliphatic carbocycles. The largest absolute Gasteiger partial charge is 0.386 e. The van der Waals surface area contributed by atoms with E-state index in [1.807, 2.05) is 19.9 Å². The second-order valence-corrected chi connectivity index (χ2v) is 10.8. The SMILES string of the molecule is CNc1cc(F)cc2c1[nH]c1nc(Nc3cnc4c(c3)nnn4C(C)C)nc(N3C[C@H]4[C@@H](C)[C@@H]3C[C@H]4N)c12. The van der Waals surface area contributed by atoms with E-state index in [2.05, 4.69) is 42.7 Å². The molecule has 1 saturated carbocycles. The van der Waals surface area contributed by atoms with E-state index >= 15 is 0 Å². The summed E-state index contributed by atoms with van der Waals surface area (Å²) in [5.74, 6) is 1.73. The number of anilines is 4. The summed E-state index contributed by atoms with van der Waals surface area (Å²) in [5, 5.41) is 16.5. The number of aromatic amines is 1. The Morgan fingerprint density at radius 2 is 2.05 bits per heavy atom. The summed E-state index contributed by atoms with van der Waals surface area (Å²) < 4.78 is 16.4. The first kappa shape index (κ1) is 23.1. The molecule has 4 aromatic heterocycles. The van der Waals surface area contributed by atoms with Crippen LogP contribution < -0.4 is 21.3 Å². The number of piperidine rings is 1. The Labute approximate surface area is 218 Å². The summed E-state index contributed by atoms with van der Waals surface area (Å²) in [6, 6.07) is 5.53. The van der Waals surface area contributed by atoms with Crippen LogP contribution in [-0.4, -0.2) is 60.6 Å². The average molecular weight is 516 g/mol. The van der Waals surface area contributed by atoms with Crippen molar-refractivity contribution >= 4 is 56.2 Å². The number of hydrogen-bond acceptors (Lipinski definition) is 9. The van der Waals surface area contributed by atoms with Gasteiger partial charge < -0.3 is 26.3 Å². The topological polar surface area (TPSA) is 138 Å². The Kier molecular flexibility index (Phi) is 4.99. The van der Waals surface area contributed by atoms with E-state index in [-0.39, 0.29) is 23.9 Å². The van der Waals surface area contributed by atoms with Gasteiger partial charge in [0, 0.05) is 31.1 Å². The third kappa shape index (κ3) is 3.32. The number of rotatable bonds is 5. The lowest BCUT2D eigenvalue weighted by molar-refractivity contribution is 0.436. The molecule has 1 saturated heterocycles. The van der Waals surface area contributed by atoms with Gasteiger partial charge in [-0.25, -0.2) is 14.1 Å². The zero-order valence-electron chi connectivity index (χ0n) is 21.7. The standard InChI is InChI=1S/C26H30FN11/c1-11(2)38-24-19(35-36-38)7-14(9-30-24)31-26-33-23-21(15-5-13(27)6-18(29-4)22(15)32-23)25(34-26)37-10-16-12(3)20(37)8-17(16)28/h5-7,9,11-12,16-17,20,29H,8,10,28H2,1-4H3,(H2,31,32,33,34)/t12-,16+,17-,20+/m1/s1. The molecule has 5 aromatic rings. The van der Waals surface area contributed by atoms with Crippen molar-refractivity contribution in [3.05, 3.63) is 30.2 Å². The summed E-state index contributed by atoms with van der Waals surface area (Å²) in [6.45, 7) is 7.15. The van der Waals surface area contributed by atoms with Gasteiger partial charge in [0.1, 0.15) is 22.8 Å². The molecule has 196 valence electrons. The molecule has 4 atom stereocenters. The zero-order valence-corrected chi connectivity index (χ0v) is 21.7. The first-order valence-electron chi connectivity index (χ1n) is 13.0. The van der Waals surface area contributed by atoms with Gasteiger partial charge in [-0.05, 0) is 50.3 Å². The van der Waals surface area contributed by atoms with Crippen LogP contribution in [0.15, 0.2) is 24.4 Å². The van der Waals surface area contributed by atoms with Crippen molar-refractivity contribution in [1.29, 1.82) is 0 Å². The Balaban J connectivity index is 1.38. The first-order valence-corrected chi connectivity index (χ1v) is 13.0. The van der Waals surface area contributed by atoms with Crippen LogP contribution in [0.1, 0.15) is 33.2 Å². The van der Waals surface area contributed by atoms with Crippen LogP contribution in [0.5, 0.6) is 0 Å². The van der Waals surface area contributed by atoms with Crippen molar-refractivity contribution in [1.82, 2.24) is 34.9 Å². The normalized spacial score (nSPS) is 23.0. The summed E-state index contributed by atoms with van der Waals surface area (Å²) in [4.78, 5) is 20.1. The molecule has 2 bridgehead atoms. The molecule has 7 rings (SSSR count). The number of nitrogens with two attached hydrogens (primary N) is 1. The maximum atomic E-state index is 14.7. The lowest BCUT2D eigenvalue weighted by atomic mass is 9.98. The fourth-order valence-corrected chi connectivity index (χ4v) is 6.35.